The maximum absolute atomic E-state index is 11.6. The molecule has 0 aromatic carbocycles. The molecule has 0 spiro atoms. The summed E-state index contributed by atoms with van der Waals surface area (Å²) in [6.45, 7) is 8.90. The van der Waals surface area contributed by atoms with Crippen molar-refractivity contribution in [2.75, 3.05) is 12.3 Å². The third-order valence-corrected chi connectivity index (χ3v) is 4.04. The average Bonchev–Trinajstić information content (AvgIpc) is 2.61. The first-order valence-corrected chi connectivity index (χ1v) is 7.52. The van der Waals surface area contributed by atoms with Crippen LogP contribution in [0.25, 0.3) is 0 Å². The molecule has 2 unspecified atom stereocenters. The summed E-state index contributed by atoms with van der Waals surface area (Å²) in [5, 5.41) is 4.09. The maximum atomic E-state index is 11.6. The van der Waals surface area contributed by atoms with Crippen molar-refractivity contribution in [3.05, 3.63) is 0 Å². The third-order valence-electron chi connectivity index (χ3n) is 2.73. The van der Waals surface area contributed by atoms with Crippen LogP contribution in [-0.2, 0) is 9.53 Å². The van der Waals surface area contributed by atoms with Gasteiger partial charge in [0.15, 0.2) is 0 Å². The van der Waals surface area contributed by atoms with Crippen LogP contribution < -0.4 is 5.32 Å². The van der Waals surface area contributed by atoms with Gasteiger partial charge in [0.2, 0.25) is 0 Å². The Hall–Kier alpha value is -0.220. The Morgan fingerprint density at radius 1 is 1.41 bits per heavy atom. The molecule has 3 nitrogen and oxygen atoms in total. The Morgan fingerprint density at radius 3 is 2.71 bits per heavy atom. The number of ether oxygens (including phenoxy) is 1. The molecule has 0 bridgehead atoms. The predicted octanol–water partition coefficient (Wildman–Crippen LogP) is 2.59. The zero-order chi connectivity index (χ0) is 12.9. The Balaban J connectivity index is 2.17. The Morgan fingerprint density at radius 2 is 2.12 bits per heavy atom. The fourth-order valence-corrected chi connectivity index (χ4v) is 3.22. The van der Waals surface area contributed by atoms with Gasteiger partial charge in [-0.2, -0.15) is 0 Å². The van der Waals surface area contributed by atoms with Gasteiger partial charge in [0, 0.05) is 11.3 Å². The van der Waals surface area contributed by atoms with Crippen molar-refractivity contribution in [3.8, 4) is 0 Å². The first-order chi connectivity index (χ1) is 7.90. The van der Waals surface area contributed by atoms with Crippen molar-refractivity contribution in [1.82, 2.24) is 5.32 Å². The van der Waals surface area contributed by atoms with E-state index in [4.69, 9.17) is 4.74 Å². The second kappa shape index (κ2) is 6.64. The molecule has 0 aromatic rings. The van der Waals surface area contributed by atoms with E-state index in [0.29, 0.717) is 17.0 Å². The molecule has 0 saturated heterocycles. The van der Waals surface area contributed by atoms with Crippen LogP contribution in [-0.4, -0.2) is 35.2 Å². The lowest BCUT2D eigenvalue weighted by atomic mass is 10.2. The summed E-state index contributed by atoms with van der Waals surface area (Å²) in [5.41, 5.74) is -0.361. The monoisotopic (exact) mass is 259 g/mol. The Labute approximate surface area is 109 Å². The van der Waals surface area contributed by atoms with E-state index in [2.05, 4.69) is 12.2 Å². The molecule has 1 fully saturated rings. The van der Waals surface area contributed by atoms with Gasteiger partial charge in [-0.25, -0.2) is 0 Å². The fraction of sp³-hybridized carbons (Fsp3) is 0.923. The van der Waals surface area contributed by atoms with Gasteiger partial charge in [-0.05, 0) is 46.6 Å². The van der Waals surface area contributed by atoms with E-state index in [1.165, 1.54) is 19.3 Å². The number of thioether (sulfide) groups is 1. The summed E-state index contributed by atoms with van der Waals surface area (Å²) < 4.78 is 5.30. The summed E-state index contributed by atoms with van der Waals surface area (Å²) in [5.74, 6) is 0.398. The molecule has 100 valence electrons. The molecule has 2 atom stereocenters. The molecule has 4 heteroatoms. The number of carbonyl (C=O) groups is 1. The molecule has 0 radical (unpaired) electrons. The number of hydrogen-bond donors (Lipinski definition) is 1. The second-order valence-corrected chi connectivity index (χ2v) is 6.88. The van der Waals surface area contributed by atoms with Crippen LogP contribution in [0.1, 0.15) is 47.0 Å². The van der Waals surface area contributed by atoms with E-state index < -0.39 is 0 Å². The van der Waals surface area contributed by atoms with Gasteiger partial charge in [0.1, 0.15) is 5.60 Å². The molecule has 17 heavy (non-hydrogen) atoms. The highest BCUT2D eigenvalue weighted by Gasteiger charge is 2.25. The van der Waals surface area contributed by atoms with Gasteiger partial charge < -0.3 is 10.1 Å². The molecule has 1 aliphatic rings. The van der Waals surface area contributed by atoms with E-state index in [1.807, 2.05) is 20.8 Å². The van der Waals surface area contributed by atoms with Crippen LogP contribution in [0.4, 0.5) is 0 Å². The Bertz CT molecular complexity index is 250. The lowest BCUT2D eigenvalue weighted by Gasteiger charge is -2.20. The van der Waals surface area contributed by atoms with Crippen LogP contribution in [0.2, 0.25) is 0 Å². The fourth-order valence-electron chi connectivity index (χ4n) is 2.12. The molecule has 1 aliphatic carbocycles. The highest BCUT2D eigenvalue weighted by molar-refractivity contribution is 8.00. The predicted molar refractivity (Wildman–Crippen MR) is 73.4 cm³/mol. The van der Waals surface area contributed by atoms with Crippen LogP contribution in [0.15, 0.2) is 0 Å². The standard InChI is InChI=1S/C13H25NO2S/c1-5-14-10-6-7-11(8-10)17-9-12(15)16-13(2,3)4/h10-11,14H,5-9H2,1-4H3. The topological polar surface area (TPSA) is 38.3 Å². The zero-order valence-electron chi connectivity index (χ0n) is 11.4. The summed E-state index contributed by atoms with van der Waals surface area (Å²) in [6, 6.07) is 0.649. The highest BCUT2D eigenvalue weighted by Crippen LogP contribution is 2.30. The van der Waals surface area contributed by atoms with E-state index in [-0.39, 0.29) is 11.6 Å². The van der Waals surface area contributed by atoms with E-state index in [1.54, 1.807) is 11.8 Å². The number of carbonyl (C=O) groups excluding carboxylic acids is 1. The average molecular weight is 259 g/mol. The van der Waals surface area contributed by atoms with E-state index >= 15 is 0 Å². The SMILES string of the molecule is CCNC1CCC(SCC(=O)OC(C)(C)C)C1. The first kappa shape index (κ1) is 14.8. The molecule has 0 heterocycles. The van der Waals surface area contributed by atoms with E-state index in [0.717, 1.165) is 6.54 Å². The molecule has 1 N–H and O–H groups in total. The van der Waals surface area contributed by atoms with Crippen molar-refractivity contribution < 1.29 is 9.53 Å². The zero-order valence-corrected chi connectivity index (χ0v) is 12.2. The molecule has 0 aliphatic heterocycles. The molecule has 0 amide bonds. The molecule has 0 aromatic heterocycles. The second-order valence-electron chi connectivity index (χ2n) is 5.59. The van der Waals surface area contributed by atoms with Crippen molar-refractivity contribution in [3.63, 3.8) is 0 Å². The quantitative estimate of drug-likeness (QED) is 0.770. The number of rotatable bonds is 5. The van der Waals surface area contributed by atoms with Gasteiger partial charge in [-0.15, -0.1) is 11.8 Å². The van der Waals surface area contributed by atoms with Crippen LogP contribution in [0.3, 0.4) is 0 Å². The summed E-state index contributed by atoms with van der Waals surface area (Å²) in [7, 11) is 0. The number of hydrogen-bond acceptors (Lipinski definition) is 4. The van der Waals surface area contributed by atoms with Crippen molar-refractivity contribution >= 4 is 17.7 Å². The molecular weight excluding hydrogens is 234 g/mol. The summed E-state index contributed by atoms with van der Waals surface area (Å²) in [6.07, 6.45) is 3.63. The largest absolute Gasteiger partial charge is 0.459 e. The van der Waals surface area contributed by atoms with Gasteiger partial charge in [-0.1, -0.05) is 6.92 Å². The minimum atomic E-state index is -0.361. The van der Waals surface area contributed by atoms with Gasteiger partial charge >= 0.3 is 5.97 Å². The molecular formula is C13H25NO2S. The van der Waals surface area contributed by atoms with Gasteiger partial charge in [0.25, 0.3) is 0 Å². The summed E-state index contributed by atoms with van der Waals surface area (Å²) >= 11 is 1.75. The first-order valence-electron chi connectivity index (χ1n) is 6.47. The van der Waals surface area contributed by atoms with Crippen molar-refractivity contribution in [1.29, 1.82) is 0 Å². The van der Waals surface area contributed by atoms with Crippen LogP contribution >= 0.6 is 11.8 Å². The van der Waals surface area contributed by atoms with Crippen molar-refractivity contribution in [2.24, 2.45) is 0 Å². The highest BCUT2D eigenvalue weighted by atomic mass is 32.2. The molecule has 1 rings (SSSR count). The Kier molecular flexibility index (Phi) is 5.80. The van der Waals surface area contributed by atoms with Crippen molar-refractivity contribution in [2.45, 2.75) is 63.9 Å². The van der Waals surface area contributed by atoms with Crippen LogP contribution in [0.5, 0.6) is 0 Å². The summed E-state index contributed by atoms with van der Waals surface area (Å²) in [4.78, 5) is 11.6. The number of esters is 1. The van der Waals surface area contributed by atoms with Crippen LogP contribution in [0, 0.1) is 0 Å². The van der Waals surface area contributed by atoms with Gasteiger partial charge in [-0.3, -0.25) is 4.79 Å². The lowest BCUT2D eigenvalue weighted by Crippen LogP contribution is -2.27. The third kappa shape index (κ3) is 6.32. The smallest absolute Gasteiger partial charge is 0.316 e. The van der Waals surface area contributed by atoms with Gasteiger partial charge in [0.05, 0.1) is 5.75 Å². The normalized spacial score (nSPS) is 24.9. The number of nitrogens with one attached hydrogen (secondary N) is 1. The maximum Gasteiger partial charge on any atom is 0.316 e. The molecule has 1 saturated carbocycles. The van der Waals surface area contributed by atoms with E-state index in [9.17, 15) is 4.79 Å². The minimum Gasteiger partial charge on any atom is -0.459 e. The minimum absolute atomic E-state index is 0.0885. The lowest BCUT2D eigenvalue weighted by molar-refractivity contribution is -0.151.